The molecule has 0 radical (unpaired) electrons. The van der Waals surface area contributed by atoms with E-state index in [1.165, 1.54) is 0 Å². The first-order chi connectivity index (χ1) is 18.5. The van der Waals surface area contributed by atoms with Crippen molar-refractivity contribution in [3.63, 3.8) is 0 Å². The second kappa shape index (κ2) is 13.5. The standard InChI is InChI=1S/C31H36N2O4S/c1-22-9-6-7-13-26(22)28-19-23(14-15-27(28)30(34)32-29(31(35)36)16-18-38-2)20-33-17-8-10-24(33)21-37-25-11-4-3-5-12-25/h3-7,9,11-15,19,24,29H,8,10,16-18,20-21H2,1-2H3,(H,32,34)(H,35,36)/t24-,29-/m0/s1. The number of amides is 1. The highest BCUT2D eigenvalue weighted by Gasteiger charge is 2.26. The Morgan fingerprint density at radius 2 is 1.84 bits per heavy atom. The third kappa shape index (κ3) is 7.17. The number of ether oxygens (including phenoxy) is 1. The first-order valence-electron chi connectivity index (χ1n) is 13.1. The van der Waals surface area contributed by atoms with Crippen LogP contribution in [-0.2, 0) is 11.3 Å². The van der Waals surface area contributed by atoms with Crippen molar-refractivity contribution in [2.75, 3.05) is 25.2 Å². The summed E-state index contributed by atoms with van der Waals surface area (Å²) in [6.07, 6.45) is 4.51. The molecule has 2 atom stereocenters. The molecule has 0 aromatic heterocycles. The Kier molecular flexibility index (Phi) is 9.85. The summed E-state index contributed by atoms with van der Waals surface area (Å²) >= 11 is 1.56. The number of benzene rings is 3. The highest BCUT2D eigenvalue weighted by molar-refractivity contribution is 7.98. The van der Waals surface area contributed by atoms with Crippen LogP contribution < -0.4 is 10.1 Å². The number of aryl methyl sites for hydroxylation is 1. The van der Waals surface area contributed by atoms with Gasteiger partial charge in [-0.1, -0.05) is 48.5 Å². The molecule has 0 spiro atoms. The van der Waals surface area contributed by atoms with Gasteiger partial charge in [-0.05, 0) is 91.3 Å². The molecule has 1 heterocycles. The number of carbonyl (C=O) groups is 2. The molecule has 7 heteroatoms. The van der Waals surface area contributed by atoms with Crippen LogP contribution in [0.3, 0.4) is 0 Å². The van der Waals surface area contributed by atoms with Gasteiger partial charge in [-0.2, -0.15) is 11.8 Å². The van der Waals surface area contributed by atoms with Gasteiger partial charge in [0.2, 0.25) is 0 Å². The van der Waals surface area contributed by atoms with E-state index in [2.05, 4.69) is 16.3 Å². The van der Waals surface area contributed by atoms with E-state index in [0.717, 1.165) is 53.9 Å². The molecule has 1 fully saturated rings. The molecule has 1 saturated heterocycles. The number of carbonyl (C=O) groups excluding carboxylic acids is 1. The molecule has 1 amide bonds. The summed E-state index contributed by atoms with van der Waals surface area (Å²) in [5, 5.41) is 12.4. The van der Waals surface area contributed by atoms with Crippen LogP contribution in [0.5, 0.6) is 5.75 Å². The van der Waals surface area contributed by atoms with Crippen molar-refractivity contribution in [1.82, 2.24) is 10.2 Å². The number of hydrogen-bond acceptors (Lipinski definition) is 5. The number of likely N-dealkylation sites (tertiary alicyclic amines) is 1. The second-order valence-corrected chi connectivity index (χ2v) is 10.7. The Labute approximate surface area is 229 Å². The Hall–Kier alpha value is -3.29. The topological polar surface area (TPSA) is 78.9 Å². The first-order valence-corrected chi connectivity index (χ1v) is 14.5. The molecule has 4 rings (SSSR count). The predicted octanol–water partition coefficient (Wildman–Crippen LogP) is 5.64. The third-order valence-electron chi connectivity index (χ3n) is 7.05. The lowest BCUT2D eigenvalue weighted by atomic mass is 9.93. The molecule has 0 unspecified atom stereocenters. The average molecular weight is 533 g/mol. The van der Waals surface area contributed by atoms with Gasteiger partial charge in [0.1, 0.15) is 18.4 Å². The van der Waals surface area contributed by atoms with Crippen LogP contribution >= 0.6 is 11.8 Å². The molecular weight excluding hydrogens is 496 g/mol. The molecule has 3 aromatic rings. The third-order valence-corrected chi connectivity index (χ3v) is 7.69. The van der Waals surface area contributed by atoms with Crippen LogP contribution in [0.25, 0.3) is 11.1 Å². The Bertz CT molecular complexity index is 1230. The minimum Gasteiger partial charge on any atom is -0.492 e. The maximum absolute atomic E-state index is 13.3. The van der Waals surface area contributed by atoms with Gasteiger partial charge in [0.25, 0.3) is 5.91 Å². The molecule has 0 saturated carbocycles. The normalized spacial score (nSPS) is 16.2. The van der Waals surface area contributed by atoms with Crippen LogP contribution in [0.1, 0.15) is 40.7 Å². The largest absolute Gasteiger partial charge is 0.492 e. The summed E-state index contributed by atoms with van der Waals surface area (Å²) < 4.78 is 6.06. The molecule has 2 N–H and O–H groups in total. The lowest BCUT2D eigenvalue weighted by Gasteiger charge is -2.25. The summed E-state index contributed by atoms with van der Waals surface area (Å²) in [7, 11) is 0. The highest BCUT2D eigenvalue weighted by Crippen LogP contribution is 2.30. The number of nitrogens with one attached hydrogen (secondary N) is 1. The summed E-state index contributed by atoms with van der Waals surface area (Å²) in [6, 6.07) is 23.2. The average Bonchev–Trinajstić information content (AvgIpc) is 3.37. The summed E-state index contributed by atoms with van der Waals surface area (Å²) in [6.45, 7) is 4.43. The number of carboxylic acids is 1. The molecule has 0 bridgehead atoms. The van der Waals surface area contributed by atoms with Crippen LogP contribution in [0.4, 0.5) is 0 Å². The Balaban J connectivity index is 1.56. The SMILES string of the molecule is CSCC[C@H](NC(=O)c1ccc(CN2CCC[C@H]2COc2ccccc2)cc1-c1ccccc1C)C(=O)O. The Morgan fingerprint density at radius 1 is 1.08 bits per heavy atom. The molecular formula is C31H36N2O4S. The van der Waals surface area contributed by atoms with Crippen molar-refractivity contribution < 1.29 is 19.4 Å². The van der Waals surface area contributed by atoms with E-state index in [1.54, 1.807) is 11.8 Å². The maximum atomic E-state index is 13.3. The fraction of sp³-hybridized carbons (Fsp3) is 0.355. The van der Waals surface area contributed by atoms with E-state index in [9.17, 15) is 14.7 Å². The number of thioether (sulfide) groups is 1. The van der Waals surface area contributed by atoms with Crippen molar-refractivity contribution in [2.45, 2.75) is 44.8 Å². The van der Waals surface area contributed by atoms with Crippen molar-refractivity contribution in [2.24, 2.45) is 0 Å². The highest BCUT2D eigenvalue weighted by atomic mass is 32.2. The van der Waals surface area contributed by atoms with E-state index in [4.69, 9.17) is 4.74 Å². The lowest BCUT2D eigenvalue weighted by molar-refractivity contribution is -0.139. The van der Waals surface area contributed by atoms with E-state index < -0.39 is 12.0 Å². The number of rotatable bonds is 12. The lowest BCUT2D eigenvalue weighted by Crippen LogP contribution is -2.41. The van der Waals surface area contributed by atoms with Crippen molar-refractivity contribution >= 4 is 23.6 Å². The monoisotopic (exact) mass is 532 g/mol. The van der Waals surface area contributed by atoms with Gasteiger partial charge < -0.3 is 15.2 Å². The van der Waals surface area contributed by atoms with Gasteiger partial charge in [-0.3, -0.25) is 9.69 Å². The zero-order valence-corrected chi connectivity index (χ0v) is 22.9. The summed E-state index contributed by atoms with van der Waals surface area (Å²) in [4.78, 5) is 27.6. The minimum absolute atomic E-state index is 0.327. The number of aliphatic carboxylic acids is 1. The number of hydrogen-bond donors (Lipinski definition) is 2. The fourth-order valence-electron chi connectivity index (χ4n) is 4.95. The van der Waals surface area contributed by atoms with Crippen LogP contribution in [0.2, 0.25) is 0 Å². The van der Waals surface area contributed by atoms with E-state index in [-0.39, 0.29) is 5.91 Å². The Morgan fingerprint density at radius 3 is 2.58 bits per heavy atom. The number of carboxylic acid groups (broad SMARTS) is 1. The molecule has 6 nitrogen and oxygen atoms in total. The molecule has 0 aliphatic carbocycles. The molecule has 1 aliphatic rings. The summed E-state index contributed by atoms with van der Waals surface area (Å²) in [5.41, 5.74) is 4.46. The van der Waals surface area contributed by atoms with Gasteiger partial charge in [-0.25, -0.2) is 4.79 Å². The molecule has 200 valence electrons. The van der Waals surface area contributed by atoms with E-state index >= 15 is 0 Å². The van der Waals surface area contributed by atoms with Crippen LogP contribution in [-0.4, -0.2) is 59.1 Å². The van der Waals surface area contributed by atoms with Gasteiger partial charge in [0, 0.05) is 18.2 Å². The molecule has 38 heavy (non-hydrogen) atoms. The van der Waals surface area contributed by atoms with Gasteiger partial charge in [0.15, 0.2) is 0 Å². The predicted molar refractivity (Wildman–Crippen MR) is 154 cm³/mol. The zero-order chi connectivity index (χ0) is 26.9. The zero-order valence-electron chi connectivity index (χ0n) is 22.1. The second-order valence-electron chi connectivity index (χ2n) is 9.73. The van der Waals surface area contributed by atoms with Crippen molar-refractivity contribution in [1.29, 1.82) is 0 Å². The van der Waals surface area contributed by atoms with Gasteiger partial charge in [-0.15, -0.1) is 0 Å². The smallest absolute Gasteiger partial charge is 0.326 e. The van der Waals surface area contributed by atoms with Crippen molar-refractivity contribution in [3.8, 4) is 16.9 Å². The van der Waals surface area contributed by atoms with E-state index in [0.29, 0.717) is 30.4 Å². The molecule has 1 aliphatic heterocycles. The van der Waals surface area contributed by atoms with Crippen LogP contribution in [0, 0.1) is 6.92 Å². The number of para-hydroxylation sites is 1. The molecule has 3 aromatic carbocycles. The summed E-state index contributed by atoms with van der Waals surface area (Å²) in [5.74, 6) is 0.165. The van der Waals surface area contributed by atoms with Gasteiger partial charge in [0.05, 0.1) is 0 Å². The minimum atomic E-state index is -1.01. The van der Waals surface area contributed by atoms with Crippen molar-refractivity contribution in [3.05, 3.63) is 89.5 Å². The maximum Gasteiger partial charge on any atom is 0.326 e. The quantitative estimate of drug-likeness (QED) is 0.314. The van der Waals surface area contributed by atoms with E-state index in [1.807, 2.05) is 79.9 Å². The first kappa shape index (κ1) is 27.7. The van der Waals surface area contributed by atoms with Crippen LogP contribution in [0.15, 0.2) is 72.8 Å². The number of nitrogens with zero attached hydrogens (tertiary/aromatic N) is 1. The van der Waals surface area contributed by atoms with Gasteiger partial charge >= 0.3 is 5.97 Å². The fourth-order valence-corrected chi connectivity index (χ4v) is 5.42.